The Morgan fingerprint density at radius 1 is 1.38 bits per heavy atom. The van der Waals surface area contributed by atoms with Crippen LogP contribution < -0.4 is 4.72 Å². The van der Waals surface area contributed by atoms with Gasteiger partial charge in [-0.2, -0.15) is 0 Å². The van der Waals surface area contributed by atoms with Crippen molar-refractivity contribution in [3.8, 4) is 0 Å². The van der Waals surface area contributed by atoms with Crippen molar-refractivity contribution >= 4 is 16.0 Å². The number of allylic oxidation sites excluding steroid dienone is 1. The average molecular weight is 311 g/mol. The van der Waals surface area contributed by atoms with Gasteiger partial charge in [0.05, 0.1) is 17.9 Å². The molecule has 0 heterocycles. The topological polar surface area (TPSA) is 72.5 Å². The van der Waals surface area contributed by atoms with Crippen LogP contribution in [0.2, 0.25) is 0 Å². The smallest absolute Gasteiger partial charge is 0.310 e. The number of hydrogen-bond donors (Lipinski definition) is 1. The number of ether oxygens (including phenoxy) is 1. The molecule has 0 radical (unpaired) electrons. The second kappa shape index (κ2) is 7.38. The number of aryl methyl sites for hydroxylation is 1. The van der Waals surface area contributed by atoms with Crippen molar-refractivity contribution in [3.05, 3.63) is 42.5 Å². The molecule has 0 spiro atoms. The number of hydrogen-bond acceptors (Lipinski definition) is 4. The molecule has 0 aliphatic rings. The first kappa shape index (κ1) is 17.4. The van der Waals surface area contributed by atoms with Crippen molar-refractivity contribution in [2.45, 2.75) is 31.2 Å². The third-order valence-electron chi connectivity index (χ3n) is 3.20. The zero-order valence-corrected chi connectivity index (χ0v) is 13.3. The number of methoxy groups -OCH3 is 1. The Kier molecular flexibility index (Phi) is 6.11. The number of carbonyl (C=O) groups is 1. The van der Waals surface area contributed by atoms with Gasteiger partial charge in [-0.25, -0.2) is 13.1 Å². The Morgan fingerprint density at radius 3 is 2.43 bits per heavy atom. The fraction of sp³-hybridized carbons (Fsp3) is 0.400. The molecule has 6 heteroatoms. The summed E-state index contributed by atoms with van der Waals surface area (Å²) >= 11 is 0. The van der Waals surface area contributed by atoms with E-state index in [1.54, 1.807) is 25.1 Å². The van der Waals surface area contributed by atoms with E-state index < -0.39 is 28.0 Å². The summed E-state index contributed by atoms with van der Waals surface area (Å²) in [5, 5.41) is 0. The van der Waals surface area contributed by atoms with Gasteiger partial charge in [-0.1, -0.05) is 23.8 Å². The number of rotatable bonds is 7. The highest BCUT2D eigenvalue weighted by Crippen LogP contribution is 2.16. The van der Waals surface area contributed by atoms with Crippen molar-refractivity contribution in [2.75, 3.05) is 7.11 Å². The number of esters is 1. The van der Waals surface area contributed by atoms with Gasteiger partial charge in [0.25, 0.3) is 0 Å². The van der Waals surface area contributed by atoms with Crippen LogP contribution in [0.4, 0.5) is 0 Å². The van der Waals surface area contributed by atoms with Crippen LogP contribution in [0.25, 0.3) is 0 Å². The summed E-state index contributed by atoms with van der Waals surface area (Å²) in [4.78, 5) is 11.9. The lowest BCUT2D eigenvalue weighted by Gasteiger charge is -2.21. The Balaban J connectivity index is 2.93. The second-order valence-corrected chi connectivity index (χ2v) is 6.59. The molecule has 0 bridgehead atoms. The maximum Gasteiger partial charge on any atom is 0.310 e. The number of benzene rings is 1. The molecule has 0 saturated carbocycles. The molecule has 0 aliphatic heterocycles. The van der Waals surface area contributed by atoms with Crippen molar-refractivity contribution in [1.82, 2.24) is 4.72 Å². The lowest BCUT2D eigenvalue weighted by molar-refractivity contribution is -0.146. The van der Waals surface area contributed by atoms with Crippen LogP contribution in [-0.2, 0) is 19.6 Å². The second-order valence-electron chi connectivity index (χ2n) is 4.88. The lowest BCUT2D eigenvalue weighted by Crippen LogP contribution is -2.41. The molecule has 0 fully saturated rings. The molecule has 116 valence electrons. The van der Waals surface area contributed by atoms with Crippen LogP contribution in [0.1, 0.15) is 18.9 Å². The highest BCUT2D eigenvalue weighted by molar-refractivity contribution is 7.89. The van der Waals surface area contributed by atoms with Crippen LogP contribution in [0.3, 0.4) is 0 Å². The van der Waals surface area contributed by atoms with E-state index in [1.807, 2.05) is 6.92 Å². The van der Waals surface area contributed by atoms with Crippen LogP contribution in [0.15, 0.2) is 41.8 Å². The molecule has 0 aromatic heterocycles. The van der Waals surface area contributed by atoms with Gasteiger partial charge in [0.1, 0.15) is 0 Å². The molecule has 2 atom stereocenters. The number of sulfonamides is 1. The van der Waals surface area contributed by atoms with Crippen molar-refractivity contribution in [2.24, 2.45) is 5.92 Å². The molecule has 5 nitrogen and oxygen atoms in total. The third-order valence-corrected chi connectivity index (χ3v) is 4.78. The molecule has 1 N–H and O–H groups in total. The number of nitrogens with one attached hydrogen (secondary N) is 1. The summed E-state index contributed by atoms with van der Waals surface area (Å²) < 4.78 is 31.8. The van der Waals surface area contributed by atoms with Gasteiger partial charge in [-0.15, -0.1) is 6.58 Å². The highest BCUT2D eigenvalue weighted by atomic mass is 32.2. The summed E-state index contributed by atoms with van der Waals surface area (Å²) in [6, 6.07) is 5.92. The van der Waals surface area contributed by atoms with Gasteiger partial charge in [0.2, 0.25) is 10.0 Å². The van der Waals surface area contributed by atoms with E-state index in [-0.39, 0.29) is 4.90 Å². The van der Waals surface area contributed by atoms with Gasteiger partial charge in [-0.3, -0.25) is 4.79 Å². The van der Waals surface area contributed by atoms with Gasteiger partial charge >= 0.3 is 5.97 Å². The molecule has 1 aromatic rings. The van der Waals surface area contributed by atoms with E-state index >= 15 is 0 Å². The largest absolute Gasteiger partial charge is 0.469 e. The Morgan fingerprint density at radius 2 is 1.95 bits per heavy atom. The van der Waals surface area contributed by atoms with E-state index in [4.69, 9.17) is 4.74 Å². The van der Waals surface area contributed by atoms with Crippen LogP contribution in [0.5, 0.6) is 0 Å². The first-order chi connectivity index (χ1) is 9.81. The summed E-state index contributed by atoms with van der Waals surface area (Å²) in [6.07, 6.45) is 1.91. The SMILES string of the molecule is C=CC[C@H](C(=O)OC)[C@H](C)NS(=O)(=O)c1ccc(C)cc1. The minimum Gasteiger partial charge on any atom is -0.469 e. The fourth-order valence-corrected chi connectivity index (χ4v) is 3.23. The maximum atomic E-state index is 12.3. The minimum absolute atomic E-state index is 0.169. The third kappa shape index (κ3) is 4.68. The predicted octanol–water partition coefficient (Wildman–Crippen LogP) is 2.03. The average Bonchev–Trinajstić information content (AvgIpc) is 2.43. The highest BCUT2D eigenvalue weighted by Gasteiger charge is 2.28. The Hall–Kier alpha value is -1.66. The summed E-state index contributed by atoms with van der Waals surface area (Å²) in [5.41, 5.74) is 0.973. The van der Waals surface area contributed by atoms with Gasteiger partial charge in [0, 0.05) is 6.04 Å². The molecule has 0 aliphatic carbocycles. The van der Waals surface area contributed by atoms with Gasteiger partial charge in [0.15, 0.2) is 0 Å². The zero-order chi connectivity index (χ0) is 16.0. The number of carbonyl (C=O) groups excluding carboxylic acids is 1. The Bertz CT molecular complexity index is 593. The van der Waals surface area contributed by atoms with E-state index in [2.05, 4.69) is 11.3 Å². The van der Waals surface area contributed by atoms with E-state index in [0.29, 0.717) is 6.42 Å². The van der Waals surface area contributed by atoms with Crippen molar-refractivity contribution < 1.29 is 17.9 Å². The van der Waals surface area contributed by atoms with Crippen LogP contribution >= 0.6 is 0 Å². The molecular weight excluding hydrogens is 290 g/mol. The van der Waals surface area contributed by atoms with E-state index in [0.717, 1.165) is 5.56 Å². The van der Waals surface area contributed by atoms with E-state index in [1.165, 1.54) is 19.2 Å². The van der Waals surface area contributed by atoms with Gasteiger partial charge < -0.3 is 4.74 Å². The molecule has 0 unspecified atom stereocenters. The van der Waals surface area contributed by atoms with Gasteiger partial charge in [-0.05, 0) is 32.4 Å². The molecule has 21 heavy (non-hydrogen) atoms. The molecule has 0 saturated heterocycles. The molecular formula is C15H21NO4S. The minimum atomic E-state index is -3.67. The quantitative estimate of drug-likeness (QED) is 0.618. The molecule has 1 rings (SSSR count). The first-order valence-corrected chi connectivity index (χ1v) is 8.08. The standard InChI is InChI=1S/C15H21NO4S/c1-5-6-14(15(17)20-4)12(3)16-21(18,19)13-9-7-11(2)8-10-13/h5,7-10,12,14,16H,1,6H2,2-4H3/t12-,14-/m0/s1. The molecule has 1 aromatic carbocycles. The van der Waals surface area contributed by atoms with E-state index in [9.17, 15) is 13.2 Å². The summed E-state index contributed by atoms with van der Waals surface area (Å²) in [5.74, 6) is -1.07. The van der Waals surface area contributed by atoms with Crippen LogP contribution in [0, 0.1) is 12.8 Å². The van der Waals surface area contributed by atoms with Crippen molar-refractivity contribution in [3.63, 3.8) is 0 Å². The molecule has 0 amide bonds. The zero-order valence-electron chi connectivity index (χ0n) is 12.5. The maximum absolute atomic E-state index is 12.3. The predicted molar refractivity (Wildman–Crippen MR) is 81.3 cm³/mol. The normalized spacial score (nSPS) is 14.2. The Labute approximate surface area is 126 Å². The lowest BCUT2D eigenvalue weighted by atomic mass is 9.98. The van der Waals surface area contributed by atoms with Crippen LogP contribution in [-0.4, -0.2) is 27.5 Å². The van der Waals surface area contributed by atoms with Crippen molar-refractivity contribution in [1.29, 1.82) is 0 Å². The summed E-state index contributed by atoms with van der Waals surface area (Å²) in [7, 11) is -2.40. The monoisotopic (exact) mass is 311 g/mol. The first-order valence-electron chi connectivity index (χ1n) is 6.59. The fourth-order valence-electron chi connectivity index (χ4n) is 1.95. The summed E-state index contributed by atoms with van der Waals surface area (Å²) in [6.45, 7) is 7.09.